The summed E-state index contributed by atoms with van der Waals surface area (Å²) in [5.74, 6) is 0.0611. The van der Waals surface area contributed by atoms with Crippen LogP contribution in [0.3, 0.4) is 0 Å². The first kappa shape index (κ1) is 11.9. The van der Waals surface area contributed by atoms with E-state index in [2.05, 4.69) is 20.8 Å². The van der Waals surface area contributed by atoms with Crippen LogP contribution >= 0.6 is 0 Å². The summed E-state index contributed by atoms with van der Waals surface area (Å²) in [5.41, 5.74) is 0.434. The summed E-state index contributed by atoms with van der Waals surface area (Å²) in [5, 5.41) is 11.5. The van der Waals surface area contributed by atoms with Crippen molar-refractivity contribution < 1.29 is 14.0 Å². The Balaban J connectivity index is 1.69. The summed E-state index contributed by atoms with van der Waals surface area (Å²) in [6, 6.07) is 3.20. The topological polar surface area (TPSA) is 100 Å². The van der Waals surface area contributed by atoms with Crippen LogP contribution in [0.2, 0.25) is 0 Å². The van der Waals surface area contributed by atoms with Crippen molar-refractivity contribution in [3.05, 3.63) is 36.4 Å². The fraction of sp³-hybridized carbons (Fsp3) is 0.182. The van der Waals surface area contributed by atoms with E-state index in [-0.39, 0.29) is 24.8 Å². The lowest BCUT2D eigenvalue weighted by Gasteiger charge is -2.03. The first-order valence-corrected chi connectivity index (χ1v) is 5.35. The molecule has 0 unspecified atom stereocenters. The van der Waals surface area contributed by atoms with Gasteiger partial charge in [-0.3, -0.25) is 14.7 Å². The SMILES string of the molecule is O=C(CCNC(=O)c1ccoc1)Nc1ccn[nH]1. The molecule has 2 aromatic rings. The number of hydrogen-bond donors (Lipinski definition) is 3. The standard InChI is InChI=1S/C11H12N4O3/c16-10(14-9-1-5-13-15-9)2-4-12-11(17)8-3-6-18-7-8/h1,3,5-7H,2,4H2,(H,12,17)(H2,13,14,15,16). The first-order valence-electron chi connectivity index (χ1n) is 5.35. The molecule has 0 fully saturated rings. The molecular weight excluding hydrogens is 236 g/mol. The monoisotopic (exact) mass is 248 g/mol. The minimum Gasteiger partial charge on any atom is -0.472 e. The maximum atomic E-state index is 11.5. The molecule has 0 aliphatic heterocycles. The highest BCUT2D eigenvalue weighted by molar-refractivity contribution is 5.94. The van der Waals surface area contributed by atoms with Gasteiger partial charge in [0, 0.05) is 19.0 Å². The lowest BCUT2D eigenvalue weighted by Crippen LogP contribution is -2.27. The van der Waals surface area contributed by atoms with Crippen molar-refractivity contribution in [3.63, 3.8) is 0 Å². The lowest BCUT2D eigenvalue weighted by atomic mass is 10.3. The maximum absolute atomic E-state index is 11.5. The van der Waals surface area contributed by atoms with Crippen LogP contribution in [0.4, 0.5) is 5.82 Å². The molecule has 3 N–H and O–H groups in total. The number of furan rings is 1. The number of hydrogen-bond acceptors (Lipinski definition) is 4. The van der Waals surface area contributed by atoms with E-state index < -0.39 is 0 Å². The van der Waals surface area contributed by atoms with Crippen molar-refractivity contribution in [3.8, 4) is 0 Å². The number of carbonyl (C=O) groups is 2. The number of nitrogens with one attached hydrogen (secondary N) is 3. The van der Waals surface area contributed by atoms with Gasteiger partial charge in [0.25, 0.3) is 5.91 Å². The maximum Gasteiger partial charge on any atom is 0.254 e. The Morgan fingerprint density at radius 2 is 2.28 bits per heavy atom. The smallest absolute Gasteiger partial charge is 0.254 e. The average molecular weight is 248 g/mol. The molecule has 2 aromatic heterocycles. The molecule has 0 aliphatic carbocycles. The number of rotatable bonds is 5. The third-order valence-electron chi connectivity index (χ3n) is 2.20. The molecule has 0 aliphatic rings. The Hall–Kier alpha value is -2.57. The molecule has 0 saturated heterocycles. The van der Waals surface area contributed by atoms with Crippen LogP contribution in [0.15, 0.2) is 35.3 Å². The summed E-state index contributed by atoms with van der Waals surface area (Å²) in [7, 11) is 0. The van der Waals surface area contributed by atoms with Crippen LogP contribution in [-0.2, 0) is 4.79 Å². The Kier molecular flexibility index (Phi) is 3.75. The molecule has 2 rings (SSSR count). The van der Waals surface area contributed by atoms with Crippen LogP contribution in [0.5, 0.6) is 0 Å². The summed E-state index contributed by atoms with van der Waals surface area (Å²) >= 11 is 0. The molecule has 0 aromatic carbocycles. The quantitative estimate of drug-likeness (QED) is 0.727. The van der Waals surface area contributed by atoms with E-state index >= 15 is 0 Å². The van der Waals surface area contributed by atoms with E-state index in [0.29, 0.717) is 11.4 Å². The molecule has 0 saturated carbocycles. The number of carbonyl (C=O) groups excluding carboxylic acids is 2. The van der Waals surface area contributed by atoms with Gasteiger partial charge in [-0.25, -0.2) is 0 Å². The zero-order valence-corrected chi connectivity index (χ0v) is 9.47. The van der Waals surface area contributed by atoms with Gasteiger partial charge in [-0.15, -0.1) is 0 Å². The van der Waals surface area contributed by atoms with Crippen molar-refractivity contribution in [2.24, 2.45) is 0 Å². The molecule has 0 atom stereocenters. The normalized spacial score (nSPS) is 10.0. The summed E-state index contributed by atoms with van der Waals surface area (Å²) < 4.78 is 4.78. The van der Waals surface area contributed by atoms with Gasteiger partial charge in [0.05, 0.1) is 18.0 Å². The van der Waals surface area contributed by atoms with Gasteiger partial charge < -0.3 is 15.1 Å². The summed E-state index contributed by atoms with van der Waals surface area (Å²) in [4.78, 5) is 22.9. The van der Waals surface area contributed by atoms with Crippen molar-refractivity contribution in [1.29, 1.82) is 0 Å². The molecule has 7 heteroatoms. The molecular formula is C11H12N4O3. The van der Waals surface area contributed by atoms with E-state index in [1.165, 1.54) is 18.7 Å². The zero-order valence-electron chi connectivity index (χ0n) is 9.47. The van der Waals surface area contributed by atoms with Crippen molar-refractivity contribution in [2.75, 3.05) is 11.9 Å². The first-order chi connectivity index (χ1) is 8.75. The largest absolute Gasteiger partial charge is 0.472 e. The van der Waals surface area contributed by atoms with Crippen LogP contribution in [0.25, 0.3) is 0 Å². The predicted octanol–water partition coefficient (Wildman–Crippen LogP) is 0.761. The van der Waals surface area contributed by atoms with E-state index in [0.717, 1.165) is 0 Å². The second-order valence-electron chi connectivity index (χ2n) is 3.54. The number of amides is 2. The lowest BCUT2D eigenvalue weighted by molar-refractivity contribution is -0.116. The molecule has 0 spiro atoms. The number of anilines is 1. The van der Waals surface area contributed by atoms with Crippen molar-refractivity contribution >= 4 is 17.6 Å². The number of H-pyrrole nitrogens is 1. The second-order valence-corrected chi connectivity index (χ2v) is 3.54. The van der Waals surface area contributed by atoms with Gasteiger partial charge in [0.15, 0.2) is 0 Å². The van der Waals surface area contributed by atoms with Gasteiger partial charge in [0.2, 0.25) is 5.91 Å². The fourth-order valence-corrected chi connectivity index (χ4v) is 1.32. The third kappa shape index (κ3) is 3.21. The number of nitrogens with zero attached hydrogens (tertiary/aromatic N) is 1. The highest BCUT2D eigenvalue weighted by Crippen LogP contribution is 2.00. The molecule has 94 valence electrons. The van der Waals surface area contributed by atoms with Gasteiger partial charge in [-0.1, -0.05) is 0 Å². The highest BCUT2D eigenvalue weighted by Gasteiger charge is 2.07. The molecule has 0 radical (unpaired) electrons. The van der Waals surface area contributed by atoms with E-state index in [9.17, 15) is 9.59 Å². The second kappa shape index (κ2) is 5.67. The minimum absolute atomic E-state index is 0.183. The molecule has 0 bridgehead atoms. The average Bonchev–Trinajstić information content (AvgIpc) is 3.00. The Labute approximate surface area is 103 Å². The van der Waals surface area contributed by atoms with E-state index in [4.69, 9.17) is 4.42 Å². The Bertz CT molecular complexity index is 504. The van der Waals surface area contributed by atoms with Crippen LogP contribution in [-0.4, -0.2) is 28.6 Å². The summed E-state index contributed by atoms with van der Waals surface area (Å²) in [6.45, 7) is 0.254. The van der Waals surface area contributed by atoms with Crippen molar-refractivity contribution in [2.45, 2.75) is 6.42 Å². The molecule has 18 heavy (non-hydrogen) atoms. The van der Waals surface area contributed by atoms with Gasteiger partial charge >= 0.3 is 0 Å². The van der Waals surface area contributed by atoms with Gasteiger partial charge in [0.1, 0.15) is 12.1 Å². The number of aromatic nitrogens is 2. The predicted molar refractivity (Wildman–Crippen MR) is 62.9 cm³/mol. The number of aromatic amines is 1. The van der Waals surface area contributed by atoms with Gasteiger partial charge in [-0.2, -0.15) is 5.10 Å². The minimum atomic E-state index is -0.266. The van der Waals surface area contributed by atoms with Crippen molar-refractivity contribution in [1.82, 2.24) is 15.5 Å². The fourth-order valence-electron chi connectivity index (χ4n) is 1.32. The van der Waals surface area contributed by atoms with E-state index in [1.54, 1.807) is 12.1 Å². The molecule has 7 nitrogen and oxygen atoms in total. The highest BCUT2D eigenvalue weighted by atomic mass is 16.3. The molecule has 2 amide bonds. The van der Waals surface area contributed by atoms with Gasteiger partial charge in [-0.05, 0) is 6.07 Å². The Morgan fingerprint density at radius 3 is 2.94 bits per heavy atom. The summed E-state index contributed by atoms with van der Waals surface area (Å²) in [6.07, 6.45) is 4.48. The van der Waals surface area contributed by atoms with E-state index in [1.807, 2.05) is 0 Å². The van der Waals surface area contributed by atoms with Crippen LogP contribution < -0.4 is 10.6 Å². The van der Waals surface area contributed by atoms with Crippen LogP contribution in [0, 0.1) is 0 Å². The zero-order chi connectivity index (χ0) is 12.8. The Morgan fingerprint density at radius 1 is 1.39 bits per heavy atom. The van der Waals surface area contributed by atoms with Crippen LogP contribution in [0.1, 0.15) is 16.8 Å². The third-order valence-corrected chi connectivity index (χ3v) is 2.20. The molecule has 2 heterocycles.